The Morgan fingerprint density at radius 3 is 2.77 bits per heavy atom. The molecule has 0 spiro atoms. The molecule has 1 aromatic carbocycles. The molecule has 1 heterocycles. The normalized spacial score (nSPS) is 10.1. The Kier molecular flexibility index (Phi) is 4.95. The molecule has 0 aliphatic heterocycles. The Labute approximate surface area is 131 Å². The molecular weight excluding hydrogens is 310 g/mol. The van der Waals surface area contributed by atoms with Gasteiger partial charge in [-0.05, 0) is 18.2 Å². The quantitative estimate of drug-likeness (QED) is 0.869. The van der Waals surface area contributed by atoms with Crippen molar-refractivity contribution in [2.75, 3.05) is 17.7 Å². The van der Waals surface area contributed by atoms with Gasteiger partial charge in [0.05, 0.1) is 18.3 Å². The van der Waals surface area contributed by atoms with E-state index < -0.39 is 0 Å². The fraction of sp³-hybridized carbons (Fsp3) is 0.231. The molecule has 0 bridgehead atoms. The summed E-state index contributed by atoms with van der Waals surface area (Å²) < 4.78 is 5.03. The SMILES string of the molecule is COc1ccc(NC(=O)Cn2ncc(NC(C)=O)n2)cc1Cl. The van der Waals surface area contributed by atoms with Gasteiger partial charge in [0.1, 0.15) is 12.3 Å². The molecule has 2 rings (SSSR count). The highest BCUT2D eigenvalue weighted by atomic mass is 35.5. The minimum absolute atomic E-state index is 0.0940. The third kappa shape index (κ3) is 4.19. The third-order valence-corrected chi connectivity index (χ3v) is 2.86. The van der Waals surface area contributed by atoms with Crippen LogP contribution in [-0.4, -0.2) is 33.9 Å². The lowest BCUT2D eigenvalue weighted by Crippen LogP contribution is -2.20. The van der Waals surface area contributed by atoms with E-state index in [0.717, 1.165) is 0 Å². The van der Waals surface area contributed by atoms with Gasteiger partial charge in [-0.2, -0.15) is 9.90 Å². The van der Waals surface area contributed by atoms with Gasteiger partial charge in [-0.1, -0.05) is 11.6 Å². The average molecular weight is 324 g/mol. The molecule has 8 nitrogen and oxygen atoms in total. The molecular formula is C13H14ClN5O3. The van der Waals surface area contributed by atoms with E-state index in [1.165, 1.54) is 25.0 Å². The van der Waals surface area contributed by atoms with Gasteiger partial charge in [0.2, 0.25) is 11.8 Å². The van der Waals surface area contributed by atoms with Gasteiger partial charge in [-0.25, -0.2) is 0 Å². The number of nitrogens with one attached hydrogen (secondary N) is 2. The monoisotopic (exact) mass is 323 g/mol. The van der Waals surface area contributed by atoms with E-state index in [1.807, 2.05) is 0 Å². The van der Waals surface area contributed by atoms with Gasteiger partial charge >= 0.3 is 0 Å². The molecule has 0 aliphatic rings. The highest BCUT2D eigenvalue weighted by Gasteiger charge is 2.09. The molecule has 2 N–H and O–H groups in total. The summed E-state index contributed by atoms with van der Waals surface area (Å²) in [7, 11) is 1.51. The van der Waals surface area contributed by atoms with Crippen LogP contribution >= 0.6 is 11.6 Å². The van der Waals surface area contributed by atoms with Crippen molar-refractivity contribution in [1.82, 2.24) is 15.0 Å². The predicted molar refractivity (Wildman–Crippen MR) is 81.0 cm³/mol. The Morgan fingerprint density at radius 1 is 1.36 bits per heavy atom. The summed E-state index contributed by atoms with van der Waals surface area (Å²) in [6, 6.07) is 4.90. The van der Waals surface area contributed by atoms with Crippen molar-refractivity contribution in [1.29, 1.82) is 0 Å². The molecule has 116 valence electrons. The molecule has 1 aromatic heterocycles. The Hall–Kier alpha value is -2.61. The van der Waals surface area contributed by atoms with Crippen molar-refractivity contribution in [2.45, 2.75) is 13.5 Å². The standard InChI is InChI=1S/C13H14ClN5O3/c1-8(20)16-12-6-15-19(18-12)7-13(21)17-9-3-4-11(22-2)10(14)5-9/h3-6H,7H2,1-2H3,(H,17,21)(H,16,18,20). The van der Waals surface area contributed by atoms with Gasteiger partial charge in [0.15, 0.2) is 5.82 Å². The second-order valence-corrected chi connectivity index (χ2v) is 4.75. The van der Waals surface area contributed by atoms with E-state index in [0.29, 0.717) is 16.5 Å². The molecule has 0 aliphatic carbocycles. The van der Waals surface area contributed by atoms with E-state index in [4.69, 9.17) is 16.3 Å². The molecule has 2 amide bonds. The lowest BCUT2D eigenvalue weighted by Gasteiger charge is -2.07. The van der Waals surface area contributed by atoms with Gasteiger partial charge in [-0.3, -0.25) is 9.59 Å². The molecule has 9 heteroatoms. The summed E-state index contributed by atoms with van der Waals surface area (Å²) in [6.45, 7) is 1.27. The number of hydrogen-bond acceptors (Lipinski definition) is 5. The maximum absolute atomic E-state index is 11.9. The molecule has 0 saturated heterocycles. The molecule has 22 heavy (non-hydrogen) atoms. The molecule has 0 atom stereocenters. The predicted octanol–water partition coefficient (Wildman–Crippen LogP) is 1.54. The number of benzene rings is 1. The summed E-state index contributed by atoms with van der Waals surface area (Å²) in [6.07, 6.45) is 1.36. The van der Waals surface area contributed by atoms with E-state index in [9.17, 15) is 9.59 Å². The number of carbonyl (C=O) groups is 2. The topological polar surface area (TPSA) is 98.1 Å². The zero-order valence-corrected chi connectivity index (χ0v) is 12.7. The van der Waals surface area contributed by atoms with E-state index in [-0.39, 0.29) is 24.2 Å². The van der Waals surface area contributed by atoms with E-state index in [1.54, 1.807) is 18.2 Å². The number of halogens is 1. The zero-order chi connectivity index (χ0) is 16.1. The van der Waals surface area contributed by atoms with Crippen molar-refractivity contribution in [3.63, 3.8) is 0 Å². The van der Waals surface area contributed by atoms with Crippen LogP contribution in [0.1, 0.15) is 6.92 Å². The van der Waals surface area contributed by atoms with Crippen LogP contribution in [0, 0.1) is 0 Å². The summed E-state index contributed by atoms with van der Waals surface area (Å²) >= 11 is 5.98. The molecule has 0 fully saturated rings. The molecule has 2 aromatic rings. The number of carbonyl (C=O) groups excluding carboxylic acids is 2. The Bertz CT molecular complexity index is 701. The highest BCUT2D eigenvalue weighted by Crippen LogP contribution is 2.27. The van der Waals surface area contributed by atoms with Crippen molar-refractivity contribution in [3.8, 4) is 5.75 Å². The minimum atomic E-state index is -0.328. The van der Waals surface area contributed by atoms with Crippen LogP contribution in [0.25, 0.3) is 0 Å². The van der Waals surface area contributed by atoms with Crippen molar-refractivity contribution in [2.24, 2.45) is 0 Å². The number of aromatic nitrogens is 3. The zero-order valence-electron chi connectivity index (χ0n) is 12.0. The second-order valence-electron chi connectivity index (χ2n) is 4.34. The first-order valence-corrected chi connectivity index (χ1v) is 6.67. The van der Waals surface area contributed by atoms with Crippen LogP contribution in [0.15, 0.2) is 24.4 Å². The van der Waals surface area contributed by atoms with Crippen molar-refractivity contribution < 1.29 is 14.3 Å². The Balaban J connectivity index is 1.96. The molecule has 0 radical (unpaired) electrons. The van der Waals surface area contributed by atoms with Gasteiger partial charge in [0.25, 0.3) is 0 Å². The first-order valence-electron chi connectivity index (χ1n) is 6.29. The molecule has 0 unspecified atom stereocenters. The van der Waals surface area contributed by atoms with Crippen LogP contribution < -0.4 is 15.4 Å². The second kappa shape index (κ2) is 6.90. The third-order valence-electron chi connectivity index (χ3n) is 2.56. The molecule has 0 saturated carbocycles. The largest absolute Gasteiger partial charge is 0.495 e. The number of rotatable bonds is 5. The summed E-state index contributed by atoms with van der Waals surface area (Å²) in [5.74, 6) is 0.219. The summed E-state index contributed by atoms with van der Waals surface area (Å²) in [5, 5.41) is 13.4. The van der Waals surface area contributed by atoms with Crippen LogP contribution in [-0.2, 0) is 16.1 Å². The van der Waals surface area contributed by atoms with Gasteiger partial charge in [0, 0.05) is 12.6 Å². The van der Waals surface area contributed by atoms with E-state index >= 15 is 0 Å². The van der Waals surface area contributed by atoms with E-state index in [2.05, 4.69) is 20.8 Å². The highest BCUT2D eigenvalue weighted by molar-refractivity contribution is 6.32. The van der Waals surface area contributed by atoms with Gasteiger partial charge < -0.3 is 15.4 Å². The number of nitrogens with zero attached hydrogens (tertiary/aromatic N) is 3. The number of anilines is 2. The number of amides is 2. The smallest absolute Gasteiger partial charge is 0.247 e. The number of hydrogen-bond donors (Lipinski definition) is 2. The van der Waals surface area contributed by atoms with Crippen LogP contribution in [0.4, 0.5) is 11.5 Å². The van der Waals surface area contributed by atoms with Crippen LogP contribution in [0.5, 0.6) is 5.75 Å². The van der Waals surface area contributed by atoms with Crippen LogP contribution in [0.2, 0.25) is 5.02 Å². The first-order chi connectivity index (χ1) is 10.5. The maximum atomic E-state index is 11.9. The van der Waals surface area contributed by atoms with Crippen molar-refractivity contribution in [3.05, 3.63) is 29.4 Å². The number of methoxy groups -OCH3 is 1. The van der Waals surface area contributed by atoms with Crippen molar-refractivity contribution >= 4 is 34.9 Å². The van der Waals surface area contributed by atoms with Crippen LogP contribution in [0.3, 0.4) is 0 Å². The summed E-state index contributed by atoms with van der Waals surface area (Å²) in [5.41, 5.74) is 0.532. The summed E-state index contributed by atoms with van der Waals surface area (Å²) in [4.78, 5) is 24.0. The fourth-order valence-electron chi connectivity index (χ4n) is 1.68. The number of ether oxygens (including phenoxy) is 1. The first kappa shape index (κ1) is 15.8. The Morgan fingerprint density at radius 2 is 2.14 bits per heavy atom. The van der Waals surface area contributed by atoms with Gasteiger partial charge in [-0.15, -0.1) is 5.10 Å². The minimum Gasteiger partial charge on any atom is -0.495 e. The maximum Gasteiger partial charge on any atom is 0.247 e. The lowest BCUT2D eigenvalue weighted by molar-refractivity contribution is -0.117. The average Bonchev–Trinajstić information content (AvgIpc) is 2.85. The fourth-order valence-corrected chi connectivity index (χ4v) is 1.94. The lowest BCUT2D eigenvalue weighted by atomic mass is 10.3.